The van der Waals surface area contributed by atoms with Crippen LogP contribution < -0.4 is 0 Å². The molecule has 0 radical (unpaired) electrons. The van der Waals surface area contributed by atoms with Crippen LogP contribution >= 0.6 is 0 Å². The molecule has 2 atom stereocenters. The van der Waals surface area contributed by atoms with E-state index in [0.29, 0.717) is 17.7 Å². The second-order valence-corrected chi connectivity index (χ2v) is 5.75. The van der Waals surface area contributed by atoms with Gasteiger partial charge in [0.15, 0.2) is 11.7 Å². The van der Waals surface area contributed by atoms with Gasteiger partial charge in [-0.15, -0.1) is 0 Å². The highest BCUT2D eigenvalue weighted by Gasteiger charge is 2.36. The fraction of sp³-hybridized carbons (Fsp3) is 0.455. The highest BCUT2D eigenvalue weighted by Crippen LogP contribution is 2.28. The molecule has 16 heavy (non-hydrogen) atoms. The molecule has 5 heteroatoms. The SMILES string of the molecule is CO[C@H]1CC[C@H](S(=O)(=O)c2ccccc2)O1. The van der Waals surface area contributed by atoms with Crippen molar-refractivity contribution in [2.45, 2.75) is 29.5 Å². The zero-order valence-electron chi connectivity index (χ0n) is 9.00. The summed E-state index contributed by atoms with van der Waals surface area (Å²) in [7, 11) is -1.87. The minimum Gasteiger partial charge on any atom is -0.356 e. The maximum Gasteiger partial charge on any atom is 0.205 e. The van der Waals surface area contributed by atoms with E-state index < -0.39 is 21.6 Å². The molecular weight excluding hydrogens is 228 g/mol. The minimum atomic E-state index is -3.38. The average Bonchev–Trinajstić information content (AvgIpc) is 2.79. The van der Waals surface area contributed by atoms with Crippen molar-refractivity contribution in [1.29, 1.82) is 0 Å². The zero-order valence-corrected chi connectivity index (χ0v) is 9.81. The minimum absolute atomic E-state index is 0.303. The summed E-state index contributed by atoms with van der Waals surface area (Å²) in [5, 5.41) is 0. The molecule has 88 valence electrons. The number of ether oxygens (including phenoxy) is 2. The third-order valence-corrected chi connectivity index (χ3v) is 4.59. The molecule has 1 aliphatic rings. The molecule has 1 aliphatic heterocycles. The van der Waals surface area contributed by atoms with Gasteiger partial charge in [0.2, 0.25) is 9.84 Å². The first-order valence-electron chi connectivity index (χ1n) is 5.12. The normalized spacial score (nSPS) is 25.8. The molecule has 0 amide bonds. The summed E-state index contributed by atoms with van der Waals surface area (Å²) in [5.41, 5.74) is -0.778. The van der Waals surface area contributed by atoms with Gasteiger partial charge in [-0.05, 0) is 18.6 Å². The number of benzene rings is 1. The van der Waals surface area contributed by atoms with Crippen LogP contribution in [0.4, 0.5) is 0 Å². The van der Waals surface area contributed by atoms with Gasteiger partial charge in [-0.2, -0.15) is 0 Å². The van der Waals surface area contributed by atoms with Gasteiger partial charge in [0.1, 0.15) is 0 Å². The zero-order chi connectivity index (χ0) is 11.6. The van der Waals surface area contributed by atoms with E-state index in [-0.39, 0.29) is 0 Å². The summed E-state index contributed by atoms with van der Waals surface area (Å²) in [6.45, 7) is 0. The Morgan fingerprint density at radius 3 is 2.50 bits per heavy atom. The van der Waals surface area contributed by atoms with Gasteiger partial charge in [-0.1, -0.05) is 18.2 Å². The van der Waals surface area contributed by atoms with Gasteiger partial charge in [0.05, 0.1) is 4.90 Å². The van der Waals surface area contributed by atoms with Gasteiger partial charge in [0.25, 0.3) is 0 Å². The molecule has 1 saturated heterocycles. The molecule has 0 bridgehead atoms. The molecule has 0 aliphatic carbocycles. The highest BCUT2D eigenvalue weighted by molar-refractivity contribution is 7.92. The van der Waals surface area contributed by atoms with Gasteiger partial charge < -0.3 is 9.47 Å². The van der Waals surface area contributed by atoms with Crippen molar-refractivity contribution in [3.63, 3.8) is 0 Å². The van der Waals surface area contributed by atoms with E-state index in [4.69, 9.17) is 9.47 Å². The average molecular weight is 242 g/mol. The Kier molecular flexibility index (Phi) is 3.28. The van der Waals surface area contributed by atoms with Gasteiger partial charge in [-0.3, -0.25) is 0 Å². The molecule has 4 nitrogen and oxygen atoms in total. The maximum atomic E-state index is 12.1. The van der Waals surface area contributed by atoms with Crippen molar-refractivity contribution in [2.24, 2.45) is 0 Å². The van der Waals surface area contributed by atoms with E-state index in [1.54, 1.807) is 30.3 Å². The van der Waals surface area contributed by atoms with E-state index in [0.717, 1.165) is 0 Å². The Morgan fingerprint density at radius 1 is 1.25 bits per heavy atom. The molecule has 0 spiro atoms. The van der Waals surface area contributed by atoms with Crippen LogP contribution in [0.2, 0.25) is 0 Å². The maximum absolute atomic E-state index is 12.1. The summed E-state index contributed by atoms with van der Waals surface area (Å²) in [6, 6.07) is 8.36. The van der Waals surface area contributed by atoms with Crippen molar-refractivity contribution >= 4 is 9.84 Å². The summed E-state index contributed by atoms with van der Waals surface area (Å²) in [5.74, 6) is 0. The first-order chi connectivity index (χ1) is 7.64. The monoisotopic (exact) mass is 242 g/mol. The number of methoxy groups -OCH3 is 1. The number of hydrogen-bond donors (Lipinski definition) is 0. The van der Waals surface area contributed by atoms with Crippen LogP contribution in [-0.4, -0.2) is 27.3 Å². The Bertz CT molecular complexity index is 440. The van der Waals surface area contributed by atoms with Crippen LogP contribution in [0.5, 0.6) is 0 Å². The van der Waals surface area contributed by atoms with Crippen LogP contribution in [0, 0.1) is 0 Å². The van der Waals surface area contributed by atoms with Gasteiger partial charge >= 0.3 is 0 Å². The molecule has 1 heterocycles. The van der Waals surface area contributed by atoms with E-state index in [2.05, 4.69) is 0 Å². The van der Waals surface area contributed by atoms with Crippen LogP contribution in [0.15, 0.2) is 35.2 Å². The summed E-state index contributed by atoms with van der Waals surface area (Å²) in [6.07, 6.45) is 0.701. The lowest BCUT2D eigenvalue weighted by Gasteiger charge is -2.13. The topological polar surface area (TPSA) is 52.6 Å². The van der Waals surface area contributed by atoms with E-state index in [1.165, 1.54) is 7.11 Å². The van der Waals surface area contributed by atoms with Crippen molar-refractivity contribution in [1.82, 2.24) is 0 Å². The predicted molar refractivity (Wildman–Crippen MR) is 58.5 cm³/mol. The lowest BCUT2D eigenvalue weighted by molar-refractivity contribution is -0.0971. The molecular formula is C11H14O4S. The lowest BCUT2D eigenvalue weighted by atomic mass is 10.4. The molecule has 1 aromatic carbocycles. The van der Waals surface area contributed by atoms with Crippen molar-refractivity contribution in [3.05, 3.63) is 30.3 Å². The lowest BCUT2D eigenvalue weighted by Crippen LogP contribution is -2.22. The third kappa shape index (κ3) is 2.11. The Hall–Kier alpha value is -0.910. The van der Waals surface area contributed by atoms with Gasteiger partial charge in [-0.25, -0.2) is 8.42 Å². The molecule has 0 N–H and O–H groups in total. The first-order valence-corrected chi connectivity index (χ1v) is 6.66. The van der Waals surface area contributed by atoms with Gasteiger partial charge in [0, 0.05) is 13.5 Å². The Morgan fingerprint density at radius 2 is 1.94 bits per heavy atom. The van der Waals surface area contributed by atoms with E-state index in [1.807, 2.05) is 0 Å². The Balaban J connectivity index is 2.21. The smallest absolute Gasteiger partial charge is 0.205 e. The van der Waals surface area contributed by atoms with Crippen LogP contribution in [0.25, 0.3) is 0 Å². The standard InChI is InChI=1S/C11H14O4S/c1-14-10-7-8-11(15-10)16(12,13)9-5-3-2-4-6-9/h2-6,10-11H,7-8H2,1H3/t10-,11+/m1/s1. The van der Waals surface area contributed by atoms with Crippen molar-refractivity contribution in [2.75, 3.05) is 7.11 Å². The number of hydrogen-bond acceptors (Lipinski definition) is 4. The second kappa shape index (κ2) is 4.53. The number of sulfone groups is 1. The summed E-state index contributed by atoms with van der Waals surface area (Å²) in [4.78, 5) is 0.303. The molecule has 0 unspecified atom stereocenters. The first kappa shape index (κ1) is 11.6. The summed E-state index contributed by atoms with van der Waals surface area (Å²) < 4.78 is 34.5. The molecule has 2 rings (SSSR count). The van der Waals surface area contributed by atoms with Crippen LogP contribution in [0.1, 0.15) is 12.8 Å². The van der Waals surface area contributed by atoms with Crippen molar-refractivity contribution < 1.29 is 17.9 Å². The van der Waals surface area contributed by atoms with Crippen LogP contribution in [0.3, 0.4) is 0 Å². The molecule has 1 aromatic rings. The van der Waals surface area contributed by atoms with E-state index >= 15 is 0 Å². The van der Waals surface area contributed by atoms with Crippen LogP contribution in [-0.2, 0) is 19.3 Å². The fourth-order valence-electron chi connectivity index (χ4n) is 1.74. The Labute approximate surface area is 95.1 Å². The third-order valence-electron chi connectivity index (χ3n) is 2.62. The fourth-order valence-corrected chi connectivity index (χ4v) is 3.30. The summed E-state index contributed by atoms with van der Waals surface area (Å²) >= 11 is 0. The molecule has 0 saturated carbocycles. The van der Waals surface area contributed by atoms with Crippen molar-refractivity contribution in [3.8, 4) is 0 Å². The molecule has 1 fully saturated rings. The highest BCUT2D eigenvalue weighted by atomic mass is 32.2. The quantitative estimate of drug-likeness (QED) is 0.807. The predicted octanol–water partition coefficient (Wildman–Crippen LogP) is 1.57. The number of rotatable bonds is 3. The molecule has 0 aromatic heterocycles. The van der Waals surface area contributed by atoms with E-state index in [9.17, 15) is 8.42 Å². The largest absolute Gasteiger partial charge is 0.356 e. The second-order valence-electron chi connectivity index (χ2n) is 3.67.